The van der Waals surface area contributed by atoms with Crippen LogP contribution in [-0.4, -0.2) is 9.97 Å². The number of nitrogen functional groups attached to an aromatic ring is 1. The maximum absolute atomic E-state index is 5.84. The molecule has 2 aromatic heterocycles. The van der Waals surface area contributed by atoms with Crippen molar-refractivity contribution in [3.63, 3.8) is 0 Å². The molecule has 0 saturated carbocycles. The number of fused-ring (bicyclic) bond motifs is 1. The fraction of sp³-hybridized carbons (Fsp3) is 0.0667. The first-order valence-corrected chi connectivity index (χ1v) is 6.96. The van der Waals surface area contributed by atoms with Crippen LogP contribution in [0.1, 0.15) is 5.56 Å². The summed E-state index contributed by atoms with van der Waals surface area (Å²) in [6.45, 7) is 1.96. The fourth-order valence-corrected chi connectivity index (χ4v) is 2.46. The molecule has 0 aliphatic carbocycles. The molecule has 20 heavy (non-hydrogen) atoms. The van der Waals surface area contributed by atoms with Crippen molar-refractivity contribution in [3.8, 4) is 0 Å². The largest absolute Gasteiger partial charge is 0.397 e. The van der Waals surface area contributed by atoms with Gasteiger partial charge in [0.2, 0.25) is 0 Å². The number of rotatable bonds is 2. The van der Waals surface area contributed by atoms with Gasteiger partial charge < -0.3 is 11.1 Å². The molecule has 0 spiro atoms. The Morgan fingerprint density at radius 1 is 1.20 bits per heavy atom. The van der Waals surface area contributed by atoms with Crippen LogP contribution in [0.25, 0.3) is 10.8 Å². The lowest BCUT2D eigenvalue weighted by atomic mass is 10.1. The van der Waals surface area contributed by atoms with Crippen molar-refractivity contribution < 1.29 is 0 Å². The van der Waals surface area contributed by atoms with Gasteiger partial charge in [0, 0.05) is 23.5 Å². The van der Waals surface area contributed by atoms with Crippen LogP contribution in [0, 0.1) is 6.92 Å². The molecule has 1 aromatic carbocycles. The van der Waals surface area contributed by atoms with Crippen LogP contribution in [0.2, 0.25) is 0 Å². The van der Waals surface area contributed by atoms with E-state index in [4.69, 9.17) is 5.73 Å². The Bertz CT molecular complexity index is 781. The predicted molar refractivity (Wildman–Crippen MR) is 86.1 cm³/mol. The summed E-state index contributed by atoms with van der Waals surface area (Å²) in [5, 5.41) is 5.52. The van der Waals surface area contributed by atoms with Crippen LogP contribution in [-0.2, 0) is 0 Å². The van der Waals surface area contributed by atoms with E-state index in [1.165, 1.54) is 0 Å². The molecule has 3 N–H and O–H groups in total. The summed E-state index contributed by atoms with van der Waals surface area (Å²) in [5.74, 6) is 0.744. The third kappa shape index (κ3) is 2.20. The van der Waals surface area contributed by atoms with Gasteiger partial charge in [-0.3, -0.25) is 4.98 Å². The zero-order valence-corrected chi connectivity index (χ0v) is 12.5. The van der Waals surface area contributed by atoms with Gasteiger partial charge in [-0.05, 0) is 45.9 Å². The quantitative estimate of drug-likeness (QED) is 0.745. The number of benzene rings is 1. The highest BCUT2D eigenvalue weighted by Crippen LogP contribution is 2.32. The SMILES string of the molecule is Cc1c(N)cnc(Nc2cccc3ccncc23)c1Br. The molecule has 2 heterocycles. The summed E-state index contributed by atoms with van der Waals surface area (Å²) >= 11 is 3.53. The third-order valence-corrected chi connectivity index (χ3v) is 4.21. The Morgan fingerprint density at radius 3 is 2.90 bits per heavy atom. The van der Waals surface area contributed by atoms with Crippen molar-refractivity contribution in [1.82, 2.24) is 9.97 Å². The first-order valence-electron chi connectivity index (χ1n) is 6.17. The highest BCUT2D eigenvalue weighted by Gasteiger charge is 2.09. The minimum absolute atomic E-state index is 0.669. The Kier molecular flexibility index (Phi) is 3.28. The van der Waals surface area contributed by atoms with Crippen LogP contribution in [0.3, 0.4) is 0 Å². The molecule has 100 valence electrons. The number of hydrogen-bond donors (Lipinski definition) is 2. The second-order valence-corrected chi connectivity index (χ2v) is 5.32. The topological polar surface area (TPSA) is 63.8 Å². The molecular formula is C15H13BrN4. The first kappa shape index (κ1) is 12.9. The molecule has 5 heteroatoms. The Morgan fingerprint density at radius 2 is 2.05 bits per heavy atom. The van der Waals surface area contributed by atoms with Gasteiger partial charge >= 0.3 is 0 Å². The summed E-state index contributed by atoms with van der Waals surface area (Å²) in [5.41, 5.74) is 8.45. The second kappa shape index (κ2) is 5.09. The molecule has 0 fully saturated rings. The van der Waals surface area contributed by atoms with Crippen LogP contribution in [0.4, 0.5) is 17.2 Å². The number of aromatic nitrogens is 2. The first-order chi connectivity index (χ1) is 9.66. The summed E-state index contributed by atoms with van der Waals surface area (Å²) in [4.78, 5) is 8.51. The molecule has 3 rings (SSSR count). The number of hydrogen-bond acceptors (Lipinski definition) is 4. The van der Waals surface area contributed by atoms with Gasteiger partial charge in [-0.1, -0.05) is 12.1 Å². The summed E-state index contributed by atoms with van der Waals surface area (Å²) in [6.07, 6.45) is 5.29. The average Bonchev–Trinajstić information content (AvgIpc) is 2.48. The number of halogens is 1. The van der Waals surface area contributed by atoms with Crippen molar-refractivity contribution in [2.24, 2.45) is 0 Å². The molecule has 0 saturated heterocycles. The monoisotopic (exact) mass is 328 g/mol. The molecule has 0 atom stereocenters. The highest BCUT2D eigenvalue weighted by molar-refractivity contribution is 9.10. The van der Waals surface area contributed by atoms with Gasteiger partial charge in [0.05, 0.1) is 16.4 Å². The van der Waals surface area contributed by atoms with Crippen LogP contribution < -0.4 is 11.1 Å². The number of nitrogens with one attached hydrogen (secondary N) is 1. The number of pyridine rings is 2. The van der Waals surface area contributed by atoms with E-state index in [9.17, 15) is 0 Å². The van der Waals surface area contributed by atoms with Crippen molar-refractivity contribution in [1.29, 1.82) is 0 Å². The van der Waals surface area contributed by atoms with Crippen molar-refractivity contribution in [2.75, 3.05) is 11.1 Å². The average molecular weight is 329 g/mol. The number of nitrogens with two attached hydrogens (primary N) is 1. The lowest BCUT2D eigenvalue weighted by Gasteiger charge is -2.12. The molecule has 0 amide bonds. The van der Waals surface area contributed by atoms with E-state index in [0.717, 1.165) is 32.3 Å². The van der Waals surface area contributed by atoms with Gasteiger partial charge in [0.1, 0.15) is 5.82 Å². The molecule has 0 aliphatic heterocycles. The van der Waals surface area contributed by atoms with E-state index in [1.54, 1.807) is 12.4 Å². The standard InChI is InChI=1S/C15H13BrN4/c1-9-12(17)8-19-15(14(9)16)20-13-4-2-3-10-5-6-18-7-11(10)13/h2-8H,17H2,1H3,(H,19,20). The van der Waals surface area contributed by atoms with Gasteiger partial charge in [0.15, 0.2) is 0 Å². The molecule has 0 unspecified atom stereocenters. The zero-order chi connectivity index (χ0) is 14.1. The maximum Gasteiger partial charge on any atom is 0.145 e. The maximum atomic E-state index is 5.84. The highest BCUT2D eigenvalue weighted by atomic mass is 79.9. The predicted octanol–water partition coefficient (Wildman–Crippen LogP) is 4.03. The normalized spacial score (nSPS) is 10.7. The molecular weight excluding hydrogens is 316 g/mol. The molecule has 3 aromatic rings. The lowest BCUT2D eigenvalue weighted by Crippen LogP contribution is -2.00. The Labute approximate surface area is 125 Å². The minimum atomic E-state index is 0.669. The zero-order valence-electron chi connectivity index (χ0n) is 10.9. The fourth-order valence-electron chi connectivity index (χ4n) is 2.03. The number of anilines is 3. The van der Waals surface area contributed by atoms with E-state index in [1.807, 2.05) is 31.3 Å². The van der Waals surface area contributed by atoms with Gasteiger partial charge in [0.25, 0.3) is 0 Å². The van der Waals surface area contributed by atoms with E-state index in [0.29, 0.717) is 5.69 Å². The molecule has 4 nitrogen and oxygen atoms in total. The third-order valence-electron chi connectivity index (χ3n) is 3.24. The summed E-state index contributed by atoms with van der Waals surface area (Å²) < 4.78 is 0.874. The van der Waals surface area contributed by atoms with Crippen molar-refractivity contribution >= 4 is 43.9 Å². The Hall–Kier alpha value is -2.14. The van der Waals surface area contributed by atoms with Crippen molar-refractivity contribution in [3.05, 3.63) is 52.9 Å². The lowest BCUT2D eigenvalue weighted by molar-refractivity contribution is 1.26. The van der Waals surface area contributed by atoms with E-state index in [-0.39, 0.29) is 0 Å². The van der Waals surface area contributed by atoms with Crippen LogP contribution in [0.5, 0.6) is 0 Å². The second-order valence-electron chi connectivity index (χ2n) is 4.53. The minimum Gasteiger partial charge on any atom is -0.397 e. The number of nitrogens with zero attached hydrogens (tertiary/aromatic N) is 2. The Balaban J connectivity index is 2.08. The molecule has 0 aliphatic rings. The summed E-state index contributed by atoms with van der Waals surface area (Å²) in [7, 11) is 0. The van der Waals surface area contributed by atoms with Gasteiger partial charge in [-0.25, -0.2) is 4.98 Å². The smallest absolute Gasteiger partial charge is 0.145 e. The van der Waals surface area contributed by atoms with Crippen LogP contribution >= 0.6 is 15.9 Å². The van der Waals surface area contributed by atoms with E-state index < -0.39 is 0 Å². The van der Waals surface area contributed by atoms with Crippen LogP contribution in [0.15, 0.2) is 47.3 Å². The molecule has 0 bridgehead atoms. The van der Waals surface area contributed by atoms with E-state index >= 15 is 0 Å². The summed E-state index contributed by atoms with van der Waals surface area (Å²) in [6, 6.07) is 8.04. The van der Waals surface area contributed by atoms with E-state index in [2.05, 4.69) is 37.3 Å². The van der Waals surface area contributed by atoms with Gasteiger partial charge in [-0.2, -0.15) is 0 Å². The molecule has 0 radical (unpaired) electrons. The van der Waals surface area contributed by atoms with Gasteiger partial charge in [-0.15, -0.1) is 0 Å². The van der Waals surface area contributed by atoms with Crippen molar-refractivity contribution in [2.45, 2.75) is 6.92 Å².